The lowest BCUT2D eigenvalue weighted by Crippen LogP contribution is -2.18. The third-order valence-electron chi connectivity index (χ3n) is 3.93. The predicted molar refractivity (Wildman–Crippen MR) is 111 cm³/mol. The molecule has 0 radical (unpaired) electrons. The molecule has 0 bridgehead atoms. The molecule has 146 valence electrons. The Hall–Kier alpha value is -2.20. The number of carboxylic acid groups (broad SMARTS) is 1. The number of hydrogen-bond donors (Lipinski definition) is 2. The molecule has 0 aliphatic rings. The topological polar surface area (TPSA) is 101 Å². The Morgan fingerprint density at radius 2 is 1.86 bits per heavy atom. The molecule has 3 aromatic rings. The van der Waals surface area contributed by atoms with Gasteiger partial charge in [0.2, 0.25) is 0 Å². The van der Waals surface area contributed by atoms with Crippen LogP contribution in [0.25, 0.3) is 10.4 Å². The van der Waals surface area contributed by atoms with Crippen LogP contribution in [0.2, 0.25) is 5.02 Å². The fraction of sp³-hybridized carbons (Fsp3) is 0.111. The Balaban J connectivity index is 2.09. The molecule has 0 aliphatic heterocycles. The van der Waals surface area contributed by atoms with Gasteiger partial charge in [-0.3, -0.25) is 9.52 Å². The minimum atomic E-state index is -4.06. The van der Waals surface area contributed by atoms with E-state index < -0.39 is 21.8 Å². The molecule has 0 atom stereocenters. The molecular formula is C18H14ClNO5S3. The Morgan fingerprint density at radius 3 is 2.46 bits per heavy atom. The number of nitrogens with one attached hydrogen (secondary N) is 1. The average molecular weight is 456 g/mol. The van der Waals surface area contributed by atoms with Gasteiger partial charge in [0.05, 0.1) is 10.6 Å². The van der Waals surface area contributed by atoms with Gasteiger partial charge in [0, 0.05) is 15.5 Å². The third kappa shape index (κ3) is 3.97. The first-order valence-corrected chi connectivity index (χ1v) is 11.5. The quantitative estimate of drug-likeness (QED) is 0.410. The minimum absolute atomic E-state index is 0.00593. The zero-order chi connectivity index (χ0) is 20.6. The number of hydrogen-bond acceptors (Lipinski definition) is 6. The number of carbonyl (C=O) groups excluding carboxylic acids is 1. The predicted octanol–water partition coefficient (Wildman–Crippen LogP) is 4.81. The zero-order valence-electron chi connectivity index (χ0n) is 14.6. The van der Waals surface area contributed by atoms with Crippen molar-refractivity contribution in [1.29, 1.82) is 0 Å². The van der Waals surface area contributed by atoms with Gasteiger partial charge in [-0.25, -0.2) is 13.2 Å². The molecule has 6 nitrogen and oxygen atoms in total. The van der Waals surface area contributed by atoms with E-state index in [2.05, 4.69) is 4.72 Å². The number of anilines is 1. The molecule has 1 aromatic carbocycles. The number of sulfonamides is 1. The first-order chi connectivity index (χ1) is 13.1. The molecule has 10 heteroatoms. The van der Waals surface area contributed by atoms with Crippen molar-refractivity contribution < 1.29 is 23.1 Å². The van der Waals surface area contributed by atoms with Crippen LogP contribution in [0.5, 0.6) is 0 Å². The Labute approximate surface area is 174 Å². The summed E-state index contributed by atoms with van der Waals surface area (Å²) in [6.45, 7) is 3.28. The number of thiophene rings is 2. The highest BCUT2D eigenvalue weighted by Crippen LogP contribution is 2.37. The van der Waals surface area contributed by atoms with Gasteiger partial charge in [-0.15, -0.1) is 11.3 Å². The number of carbonyl (C=O) groups is 2. The van der Waals surface area contributed by atoms with E-state index in [-0.39, 0.29) is 15.5 Å². The average Bonchev–Trinajstić information content (AvgIpc) is 3.26. The van der Waals surface area contributed by atoms with Crippen molar-refractivity contribution in [3.63, 3.8) is 0 Å². The maximum absolute atomic E-state index is 12.9. The summed E-state index contributed by atoms with van der Waals surface area (Å²) in [6.07, 6.45) is 0. The van der Waals surface area contributed by atoms with Crippen LogP contribution in [0.4, 0.5) is 5.69 Å². The fourth-order valence-corrected chi connectivity index (χ4v) is 5.95. The molecule has 3 rings (SSSR count). The summed E-state index contributed by atoms with van der Waals surface area (Å²) in [6, 6.07) is 6.25. The molecule has 0 fully saturated rings. The first-order valence-electron chi connectivity index (χ1n) is 7.83. The van der Waals surface area contributed by atoms with Crippen molar-refractivity contribution in [2.45, 2.75) is 18.7 Å². The maximum atomic E-state index is 12.9. The van der Waals surface area contributed by atoms with E-state index in [1.807, 2.05) is 10.8 Å². The second-order valence-corrected chi connectivity index (χ2v) is 9.86. The van der Waals surface area contributed by atoms with Crippen molar-refractivity contribution in [3.05, 3.63) is 56.1 Å². The standard InChI is InChI=1S/C18H14ClNO5S3/c1-9-6-15(10(2)5-12(9)19)28(24,25)20-13-7-14(11-3-4-26-8-11)27-17(13)16(21)18(22)23/h3-8,20H,1-2H3,(H,22,23). The number of aryl methyl sites for hydroxylation is 2. The monoisotopic (exact) mass is 455 g/mol. The summed E-state index contributed by atoms with van der Waals surface area (Å²) < 4.78 is 28.2. The molecule has 0 saturated carbocycles. The van der Waals surface area contributed by atoms with Gasteiger partial charge in [0.1, 0.15) is 4.88 Å². The Bertz CT molecular complexity index is 1180. The van der Waals surface area contributed by atoms with Gasteiger partial charge in [-0.05, 0) is 60.0 Å². The van der Waals surface area contributed by atoms with E-state index in [9.17, 15) is 18.0 Å². The van der Waals surface area contributed by atoms with Gasteiger partial charge < -0.3 is 5.11 Å². The van der Waals surface area contributed by atoms with E-state index in [1.54, 1.807) is 26.0 Å². The van der Waals surface area contributed by atoms with E-state index >= 15 is 0 Å². The SMILES string of the molecule is Cc1cc(S(=O)(=O)Nc2cc(-c3ccsc3)sc2C(=O)C(=O)O)c(C)cc1Cl. The highest BCUT2D eigenvalue weighted by molar-refractivity contribution is 7.92. The normalized spacial score (nSPS) is 11.4. The summed E-state index contributed by atoms with van der Waals surface area (Å²) in [4.78, 5) is 23.7. The van der Waals surface area contributed by atoms with Gasteiger partial charge >= 0.3 is 5.97 Å². The van der Waals surface area contributed by atoms with Crippen LogP contribution in [-0.2, 0) is 14.8 Å². The van der Waals surface area contributed by atoms with Gasteiger partial charge in [-0.2, -0.15) is 11.3 Å². The minimum Gasteiger partial charge on any atom is -0.475 e. The Morgan fingerprint density at radius 1 is 1.14 bits per heavy atom. The lowest BCUT2D eigenvalue weighted by Gasteiger charge is -2.12. The van der Waals surface area contributed by atoms with Crippen LogP contribution in [0, 0.1) is 13.8 Å². The van der Waals surface area contributed by atoms with E-state index in [0.29, 0.717) is 21.0 Å². The van der Waals surface area contributed by atoms with Crippen LogP contribution >= 0.6 is 34.3 Å². The van der Waals surface area contributed by atoms with Crippen LogP contribution in [0.3, 0.4) is 0 Å². The molecule has 0 spiro atoms. The van der Waals surface area contributed by atoms with Crippen molar-refractivity contribution in [2.75, 3.05) is 4.72 Å². The van der Waals surface area contributed by atoms with E-state index in [4.69, 9.17) is 16.7 Å². The molecule has 28 heavy (non-hydrogen) atoms. The molecular weight excluding hydrogens is 442 g/mol. The number of benzene rings is 1. The second-order valence-electron chi connectivity index (χ2n) is 5.97. The van der Waals surface area contributed by atoms with Crippen LogP contribution in [0.15, 0.2) is 39.9 Å². The molecule has 0 aliphatic carbocycles. The summed E-state index contributed by atoms with van der Waals surface area (Å²) in [5.74, 6) is -2.83. The highest BCUT2D eigenvalue weighted by atomic mass is 35.5. The molecule has 0 unspecified atom stereocenters. The summed E-state index contributed by atoms with van der Waals surface area (Å²) in [7, 11) is -4.06. The largest absolute Gasteiger partial charge is 0.475 e. The van der Waals surface area contributed by atoms with Crippen molar-refractivity contribution in [2.24, 2.45) is 0 Å². The van der Waals surface area contributed by atoms with E-state index in [1.165, 1.54) is 23.5 Å². The number of aliphatic carboxylic acids is 1. The van der Waals surface area contributed by atoms with Gasteiger partial charge in [0.15, 0.2) is 0 Å². The van der Waals surface area contributed by atoms with Crippen molar-refractivity contribution in [3.8, 4) is 10.4 Å². The molecule has 0 amide bonds. The van der Waals surface area contributed by atoms with Crippen LogP contribution < -0.4 is 4.72 Å². The number of Topliss-reactive ketones (excluding diaryl/α,β-unsaturated/α-hetero) is 1. The van der Waals surface area contributed by atoms with Crippen LogP contribution in [-0.4, -0.2) is 25.3 Å². The second kappa shape index (κ2) is 7.67. The molecule has 0 saturated heterocycles. The summed E-state index contributed by atoms with van der Waals surface area (Å²) in [5.41, 5.74) is 1.73. The number of halogens is 1. The molecule has 2 aromatic heterocycles. The van der Waals surface area contributed by atoms with Crippen molar-refractivity contribution in [1.82, 2.24) is 0 Å². The van der Waals surface area contributed by atoms with Gasteiger partial charge in [-0.1, -0.05) is 11.6 Å². The van der Waals surface area contributed by atoms with Gasteiger partial charge in [0.25, 0.3) is 15.8 Å². The lowest BCUT2D eigenvalue weighted by atomic mass is 10.2. The smallest absolute Gasteiger partial charge is 0.378 e. The fourth-order valence-electron chi connectivity index (χ4n) is 2.52. The third-order valence-corrected chi connectivity index (χ3v) is 7.71. The summed E-state index contributed by atoms with van der Waals surface area (Å²) >= 11 is 8.40. The Kier molecular flexibility index (Phi) is 5.62. The molecule has 2 N–H and O–H groups in total. The summed E-state index contributed by atoms with van der Waals surface area (Å²) in [5, 5.41) is 13.2. The maximum Gasteiger partial charge on any atom is 0.378 e. The zero-order valence-corrected chi connectivity index (χ0v) is 17.9. The van der Waals surface area contributed by atoms with E-state index in [0.717, 1.165) is 16.9 Å². The number of ketones is 1. The van der Waals surface area contributed by atoms with Crippen LogP contribution in [0.1, 0.15) is 20.8 Å². The van der Waals surface area contributed by atoms with Crippen molar-refractivity contribution >= 4 is 61.7 Å². The molecule has 2 heterocycles. The highest BCUT2D eigenvalue weighted by Gasteiger charge is 2.27. The number of carboxylic acids is 1. The first kappa shape index (κ1) is 20.5. The number of rotatable bonds is 6. The lowest BCUT2D eigenvalue weighted by molar-refractivity contribution is -0.131.